The van der Waals surface area contributed by atoms with Crippen molar-refractivity contribution in [3.05, 3.63) is 84.4 Å². The van der Waals surface area contributed by atoms with E-state index in [1.165, 1.54) is 12.3 Å². The van der Waals surface area contributed by atoms with Crippen LogP contribution in [0.3, 0.4) is 0 Å². The minimum absolute atomic E-state index is 0.175. The molecule has 0 saturated carbocycles. The second kappa shape index (κ2) is 9.66. The molecule has 3 aromatic rings. The highest BCUT2D eigenvalue weighted by molar-refractivity contribution is 7.84. The molecule has 3 aromatic carbocycles. The van der Waals surface area contributed by atoms with Crippen LogP contribution in [-0.2, 0) is 20.3 Å². The molecule has 1 atom stereocenters. The Bertz CT molecular complexity index is 1040. The molecule has 0 bridgehead atoms. The van der Waals surface area contributed by atoms with E-state index >= 15 is 0 Å². The number of carbonyl (C=O) groups is 2. The fourth-order valence-electron chi connectivity index (χ4n) is 2.56. The van der Waals surface area contributed by atoms with Gasteiger partial charge in [-0.1, -0.05) is 42.5 Å². The van der Waals surface area contributed by atoms with Crippen molar-refractivity contribution < 1.29 is 23.3 Å². The van der Waals surface area contributed by atoms with Crippen LogP contribution >= 0.6 is 0 Å². The number of hydrogen-bond donors (Lipinski definition) is 1. The van der Waals surface area contributed by atoms with Crippen LogP contribution in [0.25, 0.3) is 0 Å². The third-order valence-electron chi connectivity index (χ3n) is 3.88. The largest absolute Gasteiger partial charge is 0.455 e. The Hall–Kier alpha value is -3.45. The van der Waals surface area contributed by atoms with Gasteiger partial charge in [-0.05, 0) is 36.4 Å². The lowest BCUT2D eigenvalue weighted by Crippen LogP contribution is -2.21. The SMILES string of the molecule is C[S@](=O)c1ccccc1C(=O)OCC(=O)Nc1ccccc1Oc1ccccc1. The van der Waals surface area contributed by atoms with E-state index in [4.69, 9.17) is 9.47 Å². The highest BCUT2D eigenvalue weighted by atomic mass is 32.2. The maximum absolute atomic E-state index is 12.3. The third-order valence-corrected chi connectivity index (χ3v) is 4.86. The quantitative estimate of drug-likeness (QED) is 0.596. The number of carbonyl (C=O) groups excluding carboxylic acids is 2. The first-order valence-corrected chi connectivity index (χ1v) is 10.3. The number of ether oxygens (including phenoxy) is 2. The van der Waals surface area contributed by atoms with Crippen molar-refractivity contribution in [1.29, 1.82) is 0 Å². The van der Waals surface area contributed by atoms with Gasteiger partial charge in [-0.25, -0.2) is 4.79 Å². The summed E-state index contributed by atoms with van der Waals surface area (Å²) in [7, 11) is -1.35. The van der Waals surface area contributed by atoms with Gasteiger partial charge in [-0.15, -0.1) is 0 Å². The molecule has 148 valence electrons. The topological polar surface area (TPSA) is 81.7 Å². The van der Waals surface area contributed by atoms with E-state index < -0.39 is 29.3 Å². The second-order valence-corrected chi connectivity index (χ2v) is 7.33. The first-order chi connectivity index (χ1) is 14.0. The molecule has 7 heteroatoms. The summed E-state index contributed by atoms with van der Waals surface area (Å²) in [5.41, 5.74) is 0.626. The van der Waals surface area contributed by atoms with Crippen LogP contribution in [0, 0.1) is 0 Å². The molecular weight excluding hydrogens is 390 g/mol. The molecule has 0 aliphatic heterocycles. The van der Waals surface area contributed by atoms with E-state index in [1.807, 2.05) is 18.2 Å². The third kappa shape index (κ3) is 5.52. The summed E-state index contributed by atoms with van der Waals surface area (Å²) in [6.07, 6.45) is 1.47. The Kier molecular flexibility index (Phi) is 6.76. The molecule has 29 heavy (non-hydrogen) atoms. The Labute approximate surface area is 170 Å². The molecule has 0 unspecified atom stereocenters. The molecule has 3 rings (SSSR count). The number of rotatable bonds is 7. The molecule has 0 aliphatic carbocycles. The highest BCUT2D eigenvalue weighted by Crippen LogP contribution is 2.29. The van der Waals surface area contributed by atoms with E-state index in [2.05, 4.69) is 5.32 Å². The van der Waals surface area contributed by atoms with Gasteiger partial charge in [-0.3, -0.25) is 9.00 Å². The summed E-state index contributed by atoms with van der Waals surface area (Å²) in [4.78, 5) is 24.9. The molecule has 1 N–H and O–H groups in total. The monoisotopic (exact) mass is 409 g/mol. The number of anilines is 1. The molecule has 0 aromatic heterocycles. The van der Waals surface area contributed by atoms with Crippen LogP contribution < -0.4 is 10.1 Å². The lowest BCUT2D eigenvalue weighted by atomic mass is 10.2. The van der Waals surface area contributed by atoms with Gasteiger partial charge in [0.1, 0.15) is 5.75 Å². The molecule has 6 nitrogen and oxygen atoms in total. The fourth-order valence-corrected chi connectivity index (χ4v) is 3.29. The lowest BCUT2D eigenvalue weighted by Gasteiger charge is -2.12. The van der Waals surface area contributed by atoms with Crippen molar-refractivity contribution in [2.75, 3.05) is 18.2 Å². The zero-order valence-electron chi connectivity index (χ0n) is 15.7. The van der Waals surface area contributed by atoms with Crippen LogP contribution in [0.2, 0.25) is 0 Å². The van der Waals surface area contributed by atoms with Crippen LogP contribution in [0.1, 0.15) is 10.4 Å². The maximum atomic E-state index is 12.3. The summed E-state index contributed by atoms with van der Waals surface area (Å²) < 4.78 is 22.6. The smallest absolute Gasteiger partial charge is 0.339 e. The van der Waals surface area contributed by atoms with E-state index in [0.29, 0.717) is 22.1 Å². The summed E-state index contributed by atoms with van der Waals surface area (Å²) in [6, 6.07) is 22.6. The molecule has 0 spiro atoms. The first-order valence-electron chi connectivity index (χ1n) is 8.76. The normalized spacial score (nSPS) is 11.3. The molecular formula is C22H19NO5S. The molecule has 0 saturated heterocycles. The summed E-state index contributed by atoms with van der Waals surface area (Å²) in [6.45, 7) is -0.483. The number of esters is 1. The van der Waals surface area contributed by atoms with Gasteiger partial charge in [0.05, 0.1) is 26.9 Å². The van der Waals surface area contributed by atoms with Crippen molar-refractivity contribution in [3.63, 3.8) is 0 Å². The lowest BCUT2D eigenvalue weighted by molar-refractivity contribution is -0.119. The van der Waals surface area contributed by atoms with Crippen LogP contribution in [-0.4, -0.2) is 28.9 Å². The van der Waals surface area contributed by atoms with Crippen LogP contribution in [0.15, 0.2) is 83.8 Å². The predicted octanol–water partition coefficient (Wildman–Crippen LogP) is 4.01. The number of nitrogens with one attached hydrogen (secondary N) is 1. The number of para-hydroxylation sites is 3. The standard InChI is InChI=1S/C22H19NO5S/c1-29(26)20-14-8-5-11-17(20)22(25)27-15-21(24)23-18-12-6-7-13-19(18)28-16-9-3-2-4-10-16/h2-14H,15H2,1H3,(H,23,24)/t29-/m0/s1. The second-order valence-electron chi connectivity index (χ2n) is 5.99. The average Bonchev–Trinajstić information content (AvgIpc) is 2.74. The van der Waals surface area contributed by atoms with Gasteiger partial charge in [0, 0.05) is 6.26 Å². The van der Waals surface area contributed by atoms with Gasteiger partial charge in [0.25, 0.3) is 5.91 Å². The first kappa shape index (κ1) is 20.3. The zero-order valence-corrected chi connectivity index (χ0v) is 16.5. The van der Waals surface area contributed by atoms with Crippen LogP contribution in [0.5, 0.6) is 11.5 Å². The zero-order chi connectivity index (χ0) is 20.6. The van der Waals surface area contributed by atoms with Gasteiger partial charge >= 0.3 is 5.97 Å². The number of hydrogen-bond acceptors (Lipinski definition) is 5. The molecule has 1 amide bonds. The Morgan fingerprint density at radius 2 is 1.55 bits per heavy atom. The number of amides is 1. The van der Waals surface area contributed by atoms with Crippen molar-refractivity contribution in [3.8, 4) is 11.5 Å². The maximum Gasteiger partial charge on any atom is 0.339 e. The van der Waals surface area contributed by atoms with E-state index in [1.54, 1.807) is 54.6 Å². The minimum Gasteiger partial charge on any atom is -0.455 e. The molecule has 0 radical (unpaired) electrons. The van der Waals surface area contributed by atoms with Gasteiger partial charge in [0.2, 0.25) is 0 Å². The van der Waals surface area contributed by atoms with E-state index in [0.717, 1.165) is 0 Å². The summed E-state index contributed by atoms with van der Waals surface area (Å²) in [5, 5.41) is 2.67. The minimum atomic E-state index is -1.35. The summed E-state index contributed by atoms with van der Waals surface area (Å²) >= 11 is 0. The van der Waals surface area contributed by atoms with Crippen molar-refractivity contribution in [1.82, 2.24) is 0 Å². The fraction of sp³-hybridized carbons (Fsp3) is 0.0909. The Morgan fingerprint density at radius 3 is 2.31 bits per heavy atom. The Balaban J connectivity index is 1.63. The van der Waals surface area contributed by atoms with Gasteiger partial charge < -0.3 is 14.8 Å². The van der Waals surface area contributed by atoms with Crippen molar-refractivity contribution in [2.24, 2.45) is 0 Å². The molecule has 0 fully saturated rings. The molecule has 0 aliphatic rings. The van der Waals surface area contributed by atoms with Crippen LogP contribution in [0.4, 0.5) is 5.69 Å². The molecule has 0 heterocycles. The van der Waals surface area contributed by atoms with E-state index in [-0.39, 0.29) is 5.56 Å². The van der Waals surface area contributed by atoms with Crippen molar-refractivity contribution >= 4 is 28.4 Å². The van der Waals surface area contributed by atoms with Crippen molar-refractivity contribution in [2.45, 2.75) is 4.90 Å². The average molecular weight is 409 g/mol. The highest BCUT2D eigenvalue weighted by Gasteiger charge is 2.16. The Morgan fingerprint density at radius 1 is 0.897 bits per heavy atom. The van der Waals surface area contributed by atoms with Gasteiger partial charge in [-0.2, -0.15) is 0 Å². The van der Waals surface area contributed by atoms with E-state index in [9.17, 15) is 13.8 Å². The summed E-state index contributed by atoms with van der Waals surface area (Å²) in [5.74, 6) is -0.132. The number of benzene rings is 3. The van der Waals surface area contributed by atoms with Gasteiger partial charge in [0.15, 0.2) is 12.4 Å². The predicted molar refractivity (Wildman–Crippen MR) is 111 cm³/mol.